The van der Waals surface area contributed by atoms with E-state index in [1.54, 1.807) is 30.6 Å². The number of benzene rings is 1. The highest BCUT2D eigenvalue weighted by molar-refractivity contribution is 5.94. The number of amides is 1. The summed E-state index contributed by atoms with van der Waals surface area (Å²) < 4.78 is 26.3. The average molecular weight is 369 g/mol. The minimum Gasteiger partial charge on any atom is -0.349 e. The van der Waals surface area contributed by atoms with Gasteiger partial charge in [0.15, 0.2) is 5.82 Å². The Labute approximate surface area is 154 Å². The largest absolute Gasteiger partial charge is 0.349 e. The van der Waals surface area contributed by atoms with Gasteiger partial charge < -0.3 is 10.6 Å². The van der Waals surface area contributed by atoms with E-state index in [0.717, 1.165) is 11.3 Å². The normalized spacial score (nSPS) is 10.5. The van der Waals surface area contributed by atoms with Crippen molar-refractivity contribution >= 4 is 17.4 Å². The summed E-state index contributed by atoms with van der Waals surface area (Å²) in [5, 5.41) is 5.29. The molecule has 1 aromatic carbocycles. The van der Waals surface area contributed by atoms with E-state index in [1.165, 1.54) is 12.1 Å². The third-order valence-electron chi connectivity index (χ3n) is 3.64. The van der Waals surface area contributed by atoms with Gasteiger partial charge in [0.05, 0.1) is 5.56 Å². The number of alkyl halides is 1. The molecular weight excluding hydrogens is 352 g/mol. The lowest BCUT2D eigenvalue weighted by Gasteiger charge is -2.10. The Morgan fingerprint density at radius 3 is 2.74 bits per heavy atom. The molecule has 2 heterocycles. The molecule has 0 atom stereocenters. The summed E-state index contributed by atoms with van der Waals surface area (Å²) >= 11 is 0. The number of nitrogens with zero attached hydrogens (tertiary/aromatic N) is 3. The first-order chi connectivity index (χ1) is 13.1. The fraction of sp³-hybridized carbons (Fsp3) is 0.158. The topological polar surface area (TPSA) is 79.8 Å². The number of carbonyl (C=O) groups excluding carboxylic acids is 1. The van der Waals surface area contributed by atoms with E-state index in [-0.39, 0.29) is 12.1 Å². The number of hydrogen-bond acceptors (Lipinski definition) is 5. The summed E-state index contributed by atoms with van der Waals surface area (Å²) in [5.41, 5.74) is 1.76. The maximum absolute atomic E-state index is 14.2. The predicted molar refractivity (Wildman–Crippen MR) is 98.0 cm³/mol. The van der Waals surface area contributed by atoms with Crippen molar-refractivity contribution in [2.75, 3.05) is 18.5 Å². The van der Waals surface area contributed by atoms with Crippen LogP contribution in [0.25, 0.3) is 11.4 Å². The molecule has 0 fully saturated rings. The molecule has 2 N–H and O–H groups in total. The number of carbonyl (C=O) groups is 1. The van der Waals surface area contributed by atoms with Crippen LogP contribution in [0.15, 0.2) is 48.8 Å². The Morgan fingerprint density at radius 1 is 1.19 bits per heavy atom. The van der Waals surface area contributed by atoms with E-state index in [4.69, 9.17) is 0 Å². The van der Waals surface area contributed by atoms with Gasteiger partial charge in [-0.05, 0) is 37.3 Å². The second kappa shape index (κ2) is 8.31. The van der Waals surface area contributed by atoms with E-state index in [2.05, 4.69) is 25.6 Å². The van der Waals surface area contributed by atoms with Crippen LogP contribution >= 0.6 is 0 Å². The van der Waals surface area contributed by atoms with E-state index in [9.17, 15) is 13.6 Å². The number of nitrogens with one attached hydrogen (secondary N) is 2. The second-order valence-electron chi connectivity index (χ2n) is 5.72. The minimum atomic E-state index is -0.713. The maximum Gasteiger partial charge on any atom is 0.254 e. The highest BCUT2D eigenvalue weighted by Crippen LogP contribution is 2.21. The fourth-order valence-electron chi connectivity index (χ4n) is 2.44. The Morgan fingerprint density at radius 2 is 2.04 bits per heavy atom. The number of halogens is 2. The molecule has 0 bridgehead atoms. The molecule has 0 saturated heterocycles. The van der Waals surface area contributed by atoms with Crippen molar-refractivity contribution in [3.63, 3.8) is 0 Å². The lowest BCUT2D eigenvalue weighted by molar-refractivity contribution is 0.0947. The Kier molecular flexibility index (Phi) is 5.65. The summed E-state index contributed by atoms with van der Waals surface area (Å²) in [6, 6.07) is 9.42. The van der Waals surface area contributed by atoms with Gasteiger partial charge in [0.1, 0.15) is 18.3 Å². The third kappa shape index (κ3) is 4.60. The molecule has 0 saturated carbocycles. The lowest BCUT2D eigenvalue weighted by atomic mass is 10.1. The summed E-state index contributed by atoms with van der Waals surface area (Å²) in [4.78, 5) is 24.6. The first-order valence-electron chi connectivity index (χ1n) is 8.23. The molecule has 6 nitrogen and oxygen atoms in total. The van der Waals surface area contributed by atoms with Gasteiger partial charge in [-0.15, -0.1) is 0 Å². The second-order valence-corrected chi connectivity index (χ2v) is 5.72. The number of anilines is 2. The van der Waals surface area contributed by atoms with Crippen LogP contribution in [0.2, 0.25) is 0 Å². The molecule has 0 aliphatic rings. The number of pyridine rings is 1. The van der Waals surface area contributed by atoms with Crippen molar-refractivity contribution < 1.29 is 13.6 Å². The number of rotatable bonds is 6. The molecular formula is C19H17F2N5O. The van der Waals surface area contributed by atoms with Gasteiger partial charge in [-0.3, -0.25) is 9.78 Å². The summed E-state index contributed by atoms with van der Waals surface area (Å²) in [6.45, 7) is 0.959. The van der Waals surface area contributed by atoms with Crippen molar-refractivity contribution in [2.24, 2.45) is 0 Å². The van der Waals surface area contributed by atoms with Crippen molar-refractivity contribution in [1.29, 1.82) is 0 Å². The molecule has 0 aliphatic heterocycles. The highest BCUT2D eigenvalue weighted by atomic mass is 19.1. The zero-order valence-corrected chi connectivity index (χ0v) is 14.5. The fourth-order valence-corrected chi connectivity index (χ4v) is 2.44. The van der Waals surface area contributed by atoms with Crippen LogP contribution in [-0.2, 0) is 0 Å². The molecule has 2 aromatic heterocycles. The highest BCUT2D eigenvalue weighted by Gasteiger charge is 2.12. The molecule has 0 unspecified atom stereocenters. The van der Waals surface area contributed by atoms with Gasteiger partial charge in [0.25, 0.3) is 5.91 Å². The Hall–Kier alpha value is -3.42. The van der Waals surface area contributed by atoms with Crippen LogP contribution < -0.4 is 10.6 Å². The number of aromatic nitrogens is 3. The van der Waals surface area contributed by atoms with Crippen molar-refractivity contribution in [3.05, 3.63) is 65.9 Å². The molecule has 1 amide bonds. The van der Waals surface area contributed by atoms with Crippen LogP contribution in [0.3, 0.4) is 0 Å². The molecule has 3 rings (SSSR count). The first-order valence-corrected chi connectivity index (χ1v) is 8.23. The zero-order valence-electron chi connectivity index (χ0n) is 14.5. The Bertz CT molecular complexity index is 950. The summed E-state index contributed by atoms with van der Waals surface area (Å²) in [6.07, 6.45) is 3.32. The first kappa shape index (κ1) is 18.4. The van der Waals surface area contributed by atoms with Gasteiger partial charge in [0, 0.05) is 41.9 Å². The zero-order chi connectivity index (χ0) is 19.2. The Balaban J connectivity index is 1.82. The predicted octanol–water partition coefficient (Wildman–Crippen LogP) is 3.43. The molecule has 3 aromatic rings. The molecule has 0 aliphatic carbocycles. The van der Waals surface area contributed by atoms with Gasteiger partial charge in [0.2, 0.25) is 0 Å². The van der Waals surface area contributed by atoms with Gasteiger partial charge in [-0.2, -0.15) is 0 Å². The molecule has 138 valence electrons. The van der Waals surface area contributed by atoms with Crippen molar-refractivity contribution in [3.8, 4) is 11.4 Å². The van der Waals surface area contributed by atoms with Gasteiger partial charge in [-0.1, -0.05) is 0 Å². The SMILES string of the molecule is Cc1cc(Nc2ccc(C(=O)NCCF)c(F)c2)nc(-c2cccnc2)n1. The van der Waals surface area contributed by atoms with Crippen LogP contribution in [0.5, 0.6) is 0 Å². The van der Waals surface area contributed by atoms with Crippen molar-refractivity contribution in [2.45, 2.75) is 6.92 Å². The smallest absolute Gasteiger partial charge is 0.254 e. The summed E-state index contributed by atoms with van der Waals surface area (Å²) in [5.74, 6) is -0.397. The molecule has 0 radical (unpaired) electrons. The van der Waals surface area contributed by atoms with Crippen LogP contribution in [0.1, 0.15) is 16.1 Å². The monoisotopic (exact) mass is 369 g/mol. The van der Waals surface area contributed by atoms with Crippen LogP contribution in [-0.4, -0.2) is 34.1 Å². The van der Waals surface area contributed by atoms with E-state index in [1.807, 2.05) is 13.0 Å². The molecule has 27 heavy (non-hydrogen) atoms. The van der Waals surface area contributed by atoms with Gasteiger partial charge in [-0.25, -0.2) is 18.7 Å². The molecule has 8 heteroatoms. The molecule has 0 spiro atoms. The summed E-state index contributed by atoms with van der Waals surface area (Å²) in [7, 11) is 0. The van der Waals surface area contributed by atoms with Crippen LogP contribution in [0.4, 0.5) is 20.3 Å². The third-order valence-corrected chi connectivity index (χ3v) is 3.64. The average Bonchev–Trinajstić information content (AvgIpc) is 2.66. The van der Waals surface area contributed by atoms with Crippen molar-refractivity contribution in [1.82, 2.24) is 20.3 Å². The van der Waals surface area contributed by atoms with E-state index >= 15 is 0 Å². The maximum atomic E-state index is 14.2. The van der Waals surface area contributed by atoms with E-state index < -0.39 is 18.4 Å². The number of aryl methyl sites for hydroxylation is 1. The number of hydrogen-bond donors (Lipinski definition) is 2. The lowest BCUT2D eigenvalue weighted by Crippen LogP contribution is -2.26. The van der Waals surface area contributed by atoms with E-state index in [0.29, 0.717) is 17.3 Å². The standard InChI is InChI=1S/C19H17F2N5O/c1-12-9-17(26-18(24-12)13-3-2-7-22-11-13)25-14-4-5-15(16(21)10-14)19(27)23-8-6-20/h2-5,7,9-11H,6,8H2,1H3,(H,23,27)(H,24,25,26). The van der Waals surface area contributed by atoms with Crippen LogP contribution in [0, 0.1) is 12.7 Å². The minimum absolute atomic E-state index is 0.149. The van der Waals surface area contributed by atoms with Gasteiger partial charge >= 0.3 is 0 Å². The quantitative estimate of drug-likeness (QED) is 0.696.